The summed E-state index contributed by atoms with van der Waals surface area (Å²) in [6.45, 7) is 5.53. The number of amides is 1. The summed E-state index contributed by atoms with van der Waals surface area (Å²) in [6, 6.07) is 4.17. The van der Waals surface area contributed by atoms with Gasteiger partial charge in [0.2, 0.25) is 0 Å². The molecule has 2 aliphatic heterocycles. The van der Waals surface area contributed by atoms with E-state index >= 15 is 0 Å². The van der Waals surface area contributed by atoms with Gasteiger partial charge in [0.15, 0.2) is 0 Å². The van der Waals surface area contributed by atoms with Gasteiger partial charge >= 0.3 is 6.09 Å². The molecule has 0 radical (unpaired) electrons. The Bertz CT molecular complexity index is 642. The van der Waals surface area contributed by atoms with E-state index in [1.165, 1.54) is 31.5 Å². The van der Waals surface area contributed by atoms with Crippen LogP contribution >= 0.6 is 0 Å². The van der Waals surface area contributed by atoms with Crippen molar-refractivity contribution >= 4 is 6.09 Å². The van der Waals surface area contributed by atoms with E-state index in [-0.39, 0.29) is 11.0 Å². The Morgan fingerprint density at radius 2 is 1.79 bits per heavy atom. The number of ether oxygens (including phenoxy) is 1. The first-order chi connectivity index (χ1) is 13.6. The molecule has 154 valence electrons. The summed E-state index contributed by atoms with van der Waals surface area (Å²) < 4.78 is 6.63. The maximum atomic E-state index is 11.2. The highest BCUT2D eigenvalue weighted by Crippen LogP contribution is 2.52. The van der Waals surface area contributed by atoms with Crippen LogP contribution in [0.2, 0.25) is 0 Å². The zero-order chi connectivity index (χ0) is 19.5. The van der Waals surface area contributed by atoms with E-state index in [9.17, 15) is 9.90 Å². The van der Waals surface area contributed by atoms with Crippen LogP contribution in [0, 0.1) is 5.41 Å². The Kier molecular flexibility index (Phi) is 5.88. The number of aromatic nitrogens is 1. The topological polar surface area (TPSA) is 65.9 Å². The SMILES string of the molecule is O=C(O)N1CCC2(CC1)CCC(OCCN1CCCC1)(c1cccnc1)CC2. The molecule has 1 amide bonds. The quantitative estimate of drug-likeness (QED) is 0.834. The van der Waals surface area contributed by atoms with Crippen molar-refractivity contribution in [1.82, 2.24) is 14.8 Å². The van der Waals surface area contributed by atoms with Crippen molar-refractivity contribution < 1.29 is 14.6 Å². The lowest BCUT2D eigenvalue weighted by molar-refractivity contribution is -0.109. The summed E-state index contributed by atoms with van der Waals surface area (Å²) in [5.41, 5.74) is 1.26. The number of carbonyl (C=O) groups is 1. The van der Waals surface area contributed by atoms with Crippen LogP contribution < -0.4 is 0 Å². The molecular formula is C22H33N3O3. The predicted molar refractivity (Wildman–Crippen MR) is 107 cm³/mol. The molecule has 0 unspecified atom stereocenters. The summed E-state index contributed by atoms with van der Waals surface area (Å²) >= 11 is 0. The van der Waals surface area contributed by atoms with E-state index in [1.807, 2.05) is 18.5 Å². The molecule has 1 aromatic heterocycles. The van der Waals surface area contributed by atoms with Crippen LogP contribution in [0.15, 0.2) is 24.5 Å². The maximum Gasteiger partial charge on any atom is 0.407 e. The highest BCUT2D eigenvalue weighted by molar-refractivity contribution is 5.65. The smallest absolute Gasteiger partial charge is 0.407 e. The van der Waals surface area contributed by atoms with E-state index in [0.717, 1.165) is 51.7 Å². The van der Waals surface area contributed by atoms with Gasteiger partial charge in [0.25, 0.3) is 0 Å². The molecule has 4 rings (SSSR count). The Morgan fingerprint density at radius 3 is 2.39 bits per heavy atom. The first-order valence-corrected chi connectivity index (χ1v) is 10.9. The Balaban J connectivity index is 1.40. The number of piperidine rings is 1. The number of pyridine rings is 1. The van der Waals surface area contributed by atoms with Crippen LogP contribution in [-0.4, -0.2) is 65.3 Å². The van der Waals surface area contributed by atoms with Gasteiger partial charge in [-0.2, -0.15) is 0 Å². The van der Waals surface area contributed by atoms with Gasteiger partial charge in [-0.3, -0.25) is 4.98 Å². The maximum absolute atomic E-state index is 11.2. The molecule has 1 aliphatic carbocycles. The third-order valence-corrected chi connectivity index (χ3v) is 7.39. The lowest BCUT2D eigenvalue weighted by atomic mass is 9.63. The standard InChI is InChI=1S/C22H33N3O3/c26-20(27)25-14-9-21(10-15-25)5-7-22(8-6-21,19-4-3-11-23-18-19)28-17-16-24-12-1-2-13-24/h3-4,11,18H,1-2,5-10,12-17H2,(H,26,27). The summed E-state index contributed by atoms with van der Waals surface area (Å²) in [6.07, 6.45) is 11.8. The molecule has 3 aliphatic rings. The number of carboxylic acid groups (broad SMARTS) is 1. The van der Waals surface area contributed by atoms with Gasteiger partial charge < -0.3 is 19.6 Å². The highest BCUT2D eigenvalue weighted by Gasteiger charge is 2.46. The number of hydrogen-bond donors (Lipinski definition) is 1. The summed E-state index contributed by atoms with van der Waals surface area (Å²) in [4.78, 5) is 19.7. The average Bonchev–Trinajstić information content (AvgIpc) is 3.24. The number of rotatable bonds is 5. The minimum absolute atomic E-state index is 0.233. The Hall–Kier alpha value is -1.66. The molecule has 0 bridgehead atoms. The van der Waals surface area contributed by atoms with Crippen molar-refractivity contribution in [3.05, 3.63) is 30.1 Å². The zero-order valence-corrected chi connectivity index (χ0v) is 16.8. The molecule has 1 saturated carbocycles. The Labute approximate surface area is 167 Å². The first kappa shape index (κ1) is 19.6. The van der Waals surface area contributed by atoms with Gasteiger partial charge in [0, 0.05) is 37.6 Å². The fourth-order valence-corrected chi connectivity index (χ4v) is 5.38. The van der Waals surface area contributed by atoms with Gasteiger partial charge in [0.05, 0.1) is 12.2 Å². The third-order valence-electron chi connectivity index (χ3n) is 7.39. The van der Waals surface area contributed by atoms with Crippen molar-refractivity contribution in [1.29, 1.82) is 0 Å². The van der Waals surface area contributed by atoms with E-state index in [0.29, 0.717) is 13.1 Å². The Morgan fingerprint density at radius 1 is 1.07 bits per heavy atom. The largest absolute Gasteiger partial charge is 0.465 e. The predicted octanol–water partition coefficient (Wildman–Crippen LogP) is 3.72. The second kappa shape index (κ2) is 8.37. The first-order valence-electron chi connectivity index (χ1n) is 10.9. The van der Waals surface area contributed by atoms with E-state index < -0.39 is 6.09 Å². The molecule has 3 fully saturated rings. The molecule has 6 nitrogen and oxygen atoms in total. The number of nitrogens with zero attached hydrogens (tertiary/aromatic N) is 3. The molecule has 28 heavy (non-hydrogen) atoms. The third kappa shape index (κ3) is 4.18. The fraction of sp³-hybridized carbons (Fsp3) is 0.727. The summed E-state index contributed by atoms with van der Waals surface area (Å²) in [5.74, 6) is 0. The zero-order valence-electron chi connectivity index (χ0n) is 16.8. The molecule has 1 N–H and O–H groups in total. The van der Waals surface area contributed by atoms with Crippen molar-refractivity contribution in [2.24, 2.45) is 5.41 Å². The lowest BCUT2D eigenvalue weighted by Crippen LogP contribution is -2.47. The van der Waals surface area contributed by atoms with E-state index in [2.05, 4.69) is 16.0 Å². The molecular weight excluding hydrogens is 354 g/mol. The fourth-order valence-electron chi connectivity index (χ4n) is 5.38. The van der Waals surface area contributed by atoms with Crippen LogP contribution in [0.3, 0.4) is 0 Å². The second-order valence-corrected chi connectivity index (χ2v) is 8.90. The van der Waals surface area contributed by atoms with Gasteiger partial charge in [-0.25, -0.2) is 4.79 Å². The molecule has 1 aromatic rings. The molecule has 2 saturated heterocycles. The second-order valence-electron chi connectivity index (χ2n) is 8.90. The van der Waals surface area contributed by atoms with Crippen molar-refractivity contribution in [3.8, 4) is 0 Å². The number of likely N-dealkylation sites (tertiary alicyclic amines) is 2. The lowest BCUT2D eigenvalue weighted by Gasteiger charge is -2.49. The number of hydrogen-bond acceptors (Lipinski definition) is 4. The molecule has 0 aromatic carbocycles. The van der Waals surface area contributed by atoms with Crippen LogP contribution in [-0.2, 0) is 10.3 Å². The minimum Gasteiger partial charge on any atom is -0.465 e. The van der Waals surface area contributed by atoms with E-state index in [1.54, 1.807) is 4.90 Å². The minimum atomic E-state index is -0.777. The van der Waals surface area contributed by atoms with Crippen LogP contribution in [0.5, 0.6) is 0 Å². The monoisotopic (exact) mass is 387 g/mol. The van der Waals surface area contributed by atoms with Crippen molar-refractivity contribution in [2.45, 2.75) is 57.0 Å². The molecule has 3 heterocycles. The van der Waals surface area contributed by atoms with Crippen LogP contribution in [0.25, 0.3) is 0 Å². The van der Waals surface area contributed by atoms with Crippen molar-refractivity contribution in [2.75, 3.05) is 39.3 Å². The summed E-state index contributed by atoms with van der Waals surface area (Å²) in [5, 5.41) is 9.24. The molecule has 0 atom stereocenters. The van der Waals surface area contributed by atoms with E-state index in [4.69, 9.17) is 4.74 Å². The molecule has 6 heteroatoms. The highest BCUT2D eigenvalue weighted by atomic mass is 16.5. The average molecular weight is 388 g/mol. The van der Waals surface area contributed by atoms with Crippen LogP contribution in [0.1, 0.15) is 56.9 Å². The van der Waals surface area contributed by atoms with Gasteiger partial charge in [-0.05, 0) is 75.9 Å². The summed E-state index contributed by atoms with van der Waals surface area (Å²) in [7, 11) is 0. The van der Waals surface area contributed by atoms with Gasteiger partial charge in [0.1, 0.15) is 0 Å². The van der Waals surface area contributed by atoms with Crippen LogP contribution in [0.4, 0.5) is 4.79 Å². The molecule has 1 spiro atoms. The van der Waals surface area contributed by atoms with Gasteiger partial charge in [-0.1, -0.05) is 6.07 Å². The van der Waals surface area contributed by atoms with Gasteiger partial charge in [-0.15, -0.1) is 0 Å². The normalized spacial score (nSPS) is 24.5. The van der Waals surface area contributed by atoms with Crippen molar-refractivity contribution in [3.63, 3.8) is 0 Å².